The van der Waals surface area contributed by atoms with Gasteiger partial charge in [-0.15, -0.1) is 0 Å². The first-order chi connectivity index (χ1) is 2.77. The molecular weight excluding hydrogens is 78.0 g/mol. The van der Waals surface area contributed by atoms with E-state index in [1.165, 1.54) is 0 Å². The lowest BCUT2D eigenvalue weighted by molar-refractivity contribution is 0.544. The molecule has 1 atom stereocenters. The first-order valence-electron chi connectivity index (χ1n) is 1.88. The van der Waals surface area contributed by atoms with Gasteiger partial charge < -0.3 is 5.73 Å². The summed E-state index contributed by atoms with van der Waals surface area (Å²) in [5.74, 6) is 0. The number of rotatable bonds is 2. The lowest BCUT2D eigenvalue weighted by atomic mass is 10.3. The van der Waals surface area contributed by atoms with Crippen molar-refractivity contribution < 1.29 is 4.79 Å². The van der Waals surface area contributed by atoms with Gasteiger partial charge in [0.1, 0.15) is 0 Å². The molecule has 0 heterocycles. The summed E-state index contributed by atoms with van der Waals surface area (Å²) in [7, 11) is 0. The molecule has 2 heteroatoms. The zero-order valence-electron chi connectivity index (χ0n) is 3.77. The molecule has 0 aliphatic rings. The molecule has 0 bridgehead atoms. The average Bonchev–Trinajstić information content (AvgIpc) is 1.35. The van der Waals surface area contributed by atoms with Crippen LogP contribution in [0.2, 0.25) is 0 Å². The highest BCUT2D eigenvalue weighted by molar-refractivity contribution is 5.51. The quantitative estimate of drug-likeness (QED) is 0.507. The van der Waals surface area contributed by atoms with Crippen molar-refractivity contribution in [1.82, 2.24) is 0 Å². The zero-order chi connectivity index (χ0) is 4.99. The number of hydrogen-bond acceptors (Lipinski definition) is 2. The third-order valence-corrected chi connectivity index (χ3v) is 0.405. The standard InChI is InChI=1S/C4H8NO/c1-4(5)2-3-6/h4H,2,5H2,1H3/t4-/m0/s1. The Kier molecular flexibility index (Phi) is 2.67. The van der Waals surface area contributed by atoms with E-state index in [1.54, 1.807) is 13.2 Å². The molecule has 0 saturated carbocycles. The maximum absolute atomic E-state index is 9.41. The van der Waals surface area contributed by atoms with Crippen molar-refractivity contribution in [2.75, 3.05) is 0 Å². The Balaban J connectivity index is 2.81. The van der Waals surface area contributed by atoms with Crippen LogP contribution >= 0.6 is 0 Å². The summed E-state index contributed by atoms with van der Waals surface area (Å²) < 4.78 is 0. The zero-order valence-corrected chi connectivity index (χ0v) is 3.77. The highest BCUT2D eigenvalue weighted by atomic mass is 16.1. The van der Waals surface area contributed by atoms with E-state index < -0.39 is 0 Å². The van der Waals surface area contributed by atoms with Gasteiger partial charge in [-0.25, -0.2) is 0 Å². The lowest BCUT2D eigenvalue weighted by Crippen LogP contribution is -2.14. The van der Waals surface area contributed by atoms with E-state index in [9.17, 15) is 4.79 Å². The van der Waals surface area contributed by atoms with Crippen molar-refractivity contribution in [2.45, 2.75) is 19.4 Å². The fraction of sp³-hybridized carbons (Fsp3) is 0.750. The van der Waals surface area contributed by atoms with Crippen LogP contribution in [0.15, 0.2) is 0 Å². The van der Waals surface area contributed by atoms with Crippen LogP contribution in [-0.2, 0) is 4.79 Å². The van der Waals surface area contributed by atoms with Crippen molar-refractivity contribution in [3.8, 4) is 0 Å². The average molecular weight is 86.1 g/mol. The summed E-state index contributed by atoms with van der Waals surface area (Å²) in [6.07, 6.45) is 2.04. The highest BCUT2D eigenvalue weighted by Crippen LogP contribution is 1.75. The van der Waals surface area contributed by atoms with E-state index in [0.717, 1.165) is 0 Å². The topological polar surface area (TPSA) is 43.1 Å². The predicted octanol–water partition coefficient (Wildman–Crippen LogP) is -0.167. The summed E-state index contributed by atoms with van der Waals surface area (Å²) in [6.45, 7) is 1.77. The molecule has 0 aliphatic heterocycles. The molecule has 0 saturated heterocycles. The second-order valence-electron chi connectivity index (χ2n) is 1.33. The van der Waals surface area contributed by atoms with Crippen LogP contribution in [0.5, 0.6) is 0 Å². The molecule has 0 aliphatic carbocycles. The fourth-order valence-corrected chi connectivity index (χ4v) is 0.131. The van der Waals surface area contributed by atoms with Crippen molar-refractivity contribution in [1.29, 1.82) is 0 Å². The summed E-state index contributed by atoms with van der Waals surface area (Å²) in [6, 6.07) is -0.0255. The molecule has 35 valence electrons. The molecule has 0 aromatic carbocycles. The van der Waals surface area contributed by atoms with Gasteiger partial charge in [-0.1, -0.05) is 0 Å². The molecule has 6 heavy (non-hydrogen) atoms. The lowest BCUT2D eigenvalue weighted by Gasteiger charge is -1.90. The first-order valence-corrected chi connectivity index (χ1v) is 1.88. The van der Waals surface area contributed by atoms with Gasteiger partial charge >= 0.3 is 0 Å². The van der Waals surface area contributed by atoms with Gasteiger partial charge in [0.15, 0.2) is 6.29 Å². The summed E-state index contributed by atoms with van der Waals surface area (Å²) in [5.41, 5.74) is 5.14. The maximum atomic E-state index is 9.41. The molecule has 0 fully saturated rings. The summed E-state index contributed by atoms with van der Waals surface area (Å²) in [4.78, 5) is 9.41. The second kappa shape index (κ2) is 2.85. The van der Waals surface area contributed by atoms with Crippen molar-refractivity contribution in [3.05, 3.63) is 0 Å². The van der Waals surface area contributed by atoms with Gasteiger partial charge in [0.05, 0.1) is 0 Å². The van der Waals surface area contributed by atoms with Crippen LogP contribution < -0.4 is 5.73 Å². The van der Waals surface area contributed by atoms with Crippen molar-refractivity contribution >= 4 is 6.29 Å². The molecule has 0 spiro atoms. The van der Waals surface area contributed by atoms with Crippen LogP contribution in [0.3, 0.4) is 0 Å². The van der Waals surface area contributed by atoms with Gasteiger partial charge in [-0.05, 0) is 6.92 Å². The molecule has 2 nitrogen and oxygen atoms in total. The molecule has 0 aromatic rings. The Morgan fingerprint density at radius 1 is 2.00 bits per heavy atom. The monoisotopic (exact) mass is 86.1 g/mol. The van der Waals surface area contributed by atoms with E-state index >= 15 is 0 Å². The van der Waals surface area contributed by atoms with Gasteiger partial charge in [-0.2, -0.15) is 0 Å². The molecule has 0 rings (SSSR count). The molecule has 2 N–H and O–H groups in total. The van der Waals surface area contributed by atoms with E-state index in [1.807, 2.05) is 0 Å². The van der Waals surface area contributed by atoms with Gasteiger partial charge in [0, 0.05) is 12.5 Å². The number of nitrogens with two attached hydrogens (primary N) is 1. The Labute approximate surface area is 37.3 Å². The van der Waals surface area contributed by atoms with Crippen molar-refractivity contribution in [3.63, 3.8) is 0 Å². The first kappa shape index (κ1) is 5.63. The van der Waals surface area contributed by atoms with Crippen LogP contribution in [0.4, 0.5) is 0 Å². The molecule has 0 amide bonds. The Morgan fingerprint density at radius 3 is 2.50 bits per heavy atom. The summed E-state index contributed by atoms with van der Waals surface area (Å²) in [5, 5.41) is 0. The van der Waals surface area contributed by atoms with Crippen LogP contribution in [0.1, 0.15) is 13.3 Å². The van der Waals surface area contributed by atoms with E-state index in [2.05, 4.69) is 0 Å². The third kappa shape index (κ3) is 3.63. The minimum atomic E-state index is -0.0255. The normalized spacial score (nSPS) is 13.7. The van der Waals surface area contributed by atoms with E-state index in [-0.39, 0.29) is 6.04 Å². The van der Waals surface area contributed by atoms with Crippen molar-refractivity contribution in [2.24, 2.45) is 5.73 Å². The van der Waals surface area contributed by atoms with Gasteiger partial charge in [-0.3, -0.25) is 4.79 Å². The summed E-state index contributed by atoms with van der Waals surface area (Å²) >= 11 is 0. The largest absolute Gasteiger partial charge is 0.328 e. The smallest absolute Gasteiger partial charge is 0.199 e. The maximum Gasteiger partial charge on any atom is 0.199 e. The van der Waals surface area contributed by atoms with Gasteiger partial charge in [0.25, 0.3) is 0 Å². The van der Waals surface area contributed by atoms with E-state index in [4.69, 9.17) is 5.73 Å². The molecule has 0 unspecified atom stereocenters. The highest BCUT2D eigenvalue weighted by Gasteiger charge is 1.87. The van der Waals surface area contributed by atoms with Crippen LogP contribution in [-0.4, -0.2) is 12.3 Å². The fourth-order valence-electron chi connectivity index (χ4n) is 0.131. The predicted molar refractivity (Wildman–Crippen MR) is 24.0 cm³/mol. The number of carbonyl (C=O) groups excluding carboxylic acids is 1. The van der Waals surface area contributed by atoms with Gasteiger partial charge in [0.2, 0.25) is 0 Å². The van der Waals surface area contributed by atoms with Crippen LogP contribution in [0.25, 0.3) is 0 Å². The minimum absolute atomic E-state index is 0.0255. The Morgan fingerprint density at radius 2 is 2.50 bits per heavy atom. The second-order valence-corrected chi connectivity index (χ2v) is 1.33. The minimum Gasteiger partial charge on any atom is -0.328 e. The third-order valence-electron chi connectivity index (χ3n) is 0.405. The molecule has 1 radical (unpaired) electrons. The van der Waals surface area contributed by atoms with Crippen LogP contribution in [0, 0.1) is 0 Å². The Bertz CT molecular complexity index is 42.8. The van der Waals surface area contributed by atoms with E-state index in [0.29, 0.717) is 6.42 Å². The number of hydrogen-bond donors (Lipinski definition) is 1. The Hall–Kier alpha value is -0.370. The SMILES string of the molecule is C[C@H](N)C[C]=O. The molecular formula is C4H8NO. The molecule has 0 aromatic heterocycles.